The van der Waals surface area contributed by atoms with E-state index in [2.05, 4.69) is 41.5 Å². The maximum absolute atomic E-state index is 13.1. The van der Waals surface area contributed by atoms with E-state index in [0.29, 0.717) is 25.7 Å². The van der Waals surface area contributed by atoms with Gasteiger partial charge in [0.1, 0.15) is 19.3 Å². The number of esters is 4. The number of aliphatic hydroxyl groups is 1. The Kier molecular flexibility index (Phi) is 75.0. The van der Waals surface area contributed by atoms with Crippen LogP contribution in [0.1, 0.15) is 452 Å². The number of carbonyl (C=O) groups excluding carboxylic acids is 4. The second kappa shape index (κ2) is 76.4. The first-order valence-corrected chi connectivity index (χ1v) is 47.0. The van der Waals surface area contributed by atoms with Gasteiger partial charge in [0.2, 0.25) is 0 Å². The molecule has 0 aromatic carbocycles. The predicted molar refractivity (Wildman–Crippen MR) is 428 cm³/mol. The molecule has 0 aliphatic heterocycles. The number of phosphoric ester groups is 2. The van der Waals surface area contributed by atoms with Crippen LogP contribution in [0.3, 0.4) is 0 Å². The van der Waals surface area contributed by atoms with Crippen molar-refractivity contribution >= 4 is 39.5 Å². The standard InChI is InChI=1S/C85H166O17P2/c1-7-10-12-14-16-18-20-22-23-24-25-26-27-28-29-35-39-45-52-58-64-70-85(90)101-80(73-95-82(87)67-61-55-49-43-37-34-31-30-33-36-42-48-54-60-66-78(6)9-3)75-99-103(91,92)97-71-79(86)72-98-104(93,94)100-76-81(74-96-83(88)68-62-56-50-46-40-41-47-53-59-65-77(4)5)102-84(89)69-63-57-51-44-38-32-21-19-17-15-13-11-8-2/h77-81,86H,7-76H2,1-6H3,(H,91,92)(H,93,94)/t78?,79-,80-,81-/m1/s1. The minimum Gasteiger partial charge on any atom is -0.462 e. The maximum Gasteiger partial charge on any atom is 0.472 e. The van der Waals surface area contributed by atoms with E-state index in [1.165, 1.54) is 270 Å². The number of hydrogen-bond donors (Lipinski definition) is 3. The van der Waals surface area contributed by atoms with Crippen LogP contribution in [0, 0.1) is 11.8 Å². The van der Waals surface area contributed by atoms with Crippen LogP contribution in [0.2, 0.25) is 0 Å². The van der Waals surface area contributed by atoms with E-state index in [0.717, 1.165) is 102 Å². The zero-order chi connectivity index (χ0) is 76.4. The molecule has 0 saturated carbocycles. The van der Waals surface area contributed by atoms with Crippen LogP contribution in [0.4, 0.5) is 0 Å². The second-order valence-electron chi connectivity index (χ2n) is 31.3. The van der Waals surface area contributed by atoms with Crippen molar-refractivity contribution in [3.8, 4) is 0 Å². The molecule has 0 aromatic rings. The molecule has 3 N–H and O–H groups in total. The van der Waals surface area contributed by atoms with Gasteiger partial charge in [-0.25, -0.2) is 9.13 Å². The van der Waals surface area contributed by atoms with E-state index in [1.54, 1.807) is 0 Å². The third kappa shape index (κ3) is 76.8. The normalized spacial score (nSPS) is 14.1. The van der Waals surface area contributed by atoms with Crippen LogP contribution in [0.25, 0.3) is 0 Å². The van der Waals surface area contributed by atoms with Crippen molar-refractivity contribution in [2.75, 3.05) is 39.6 Å². The number of ether oxygens (including phenoxy) is 4. The van der Waals surface area contributed by atoms with Gasteiger partial charge in [0.05, 0.1) is 26.4 Å². The van der Waals surface area contributed by atoms with E-state index < -0.39 is 97.5 Å². The molecule has 0 heterocycles. The summed E-state index contributed by atoms with van der Waals surface area (Å²) in [7, 11) is -9.93. The van der Waals surface area contributed by atoms with Crippen molar-refractivity contribution in [2.45, 2.75) is 471 Å². The fraction of sp³-hybridized carbons (Fsp3) is 0.953. The number of phosphoric acid groups is 2. The lowest BCUT2D eigenvalue weighted by atomic mass is 9.99. The van der Waals surface area contributed by atoms with Gasteiger partial charge in [-0.1, -0.05) is 401 Å². The van der Waals surface area contributed by atoms with E-state index in [9.17, 15) is 43.2 Å². The maximum atomic E-state index is 13.1. The van der Waals surface area contributed by atoms with E-state index in [1.807, 2.05) is 0 Å². The Labute approximate surface area is 638 Å². The topological polar surface area (TPSA) is 237 Å². The first kappa shape index (κ1) is 102. The first-order chi connectivity index (χ1) is 50.4. The molecule has 6 atom stereocenters. The highest BCUT2D eigenvalue weighted by Crippen LogP contribution is 2.45. The second-order valence-corrected chi connectivity index (χ2v) is 34.2. The Morgan fingerprint density at radius 1 is 0.279 bits per heavy atom. The van der Waals surface area contributed by atoms with Gasteiger partial charge in [-0.3, -0.25) is 37.3 Å². The van der Waals surface area contributed by atoms with Gasteiger partial charge in [-0.15, -0.1) is 0 Å². The smallest absolute Gasteiger partial charge is 0.462 e. The molecule has 0 amide bonds. The van der Waals surface area contributed by atoms with Crippen LogP contribution < -0.4 is 0 Å². The largest absolute Gasteiger partial charge is 0.472 e. The molecule has 19 heteroatoms. The molecule has 3 unspecified atom stereocenters. The van der Waals surface area contributed by atoms with Crippen molar-refractivity contribution < 1.29 is 80.2 Å². The van der Waals surface area contributed by atoms with E-state index in [4.69, 9.17) is 37.0 Å². The zero-order valence-corrected chi connectivity index (χ0v) is 70.1. The molecule has 618 valence electrons. The van der Waals surface area contributed by atoms with Gasteiger partial charge in [0.25, 0.3) is 0 Å². The summed E-state index contributed by atoms with van der Waals surface area (Å²) in [6, 6.07) is 0. The highest BCUT2D eigenvalue weighted by molar-refractivity contribution is 7.47. The summed E-state index contributed by atoms with van der Waals surface area (Å²) in [5.74, 6) is -0.509. The minimum absolute atomic E-state index is 0.108. The molecule has 0 radical (unpaired) electrons. The quantitative estimate of drug-likeness (QED) is 0.0222. The van der Waals surface area contributed by atoms with Gasteiger partial charge in [-0.2, -0.15) is 0 Å². The first-order valence-electron chi connectivity index (χ1n) is 44.0. The summed E-state index contributed by atoms with van der Waals surface area (Å²) in [5, 5.41) is 10.7. The third-order valence-electron chi connectivity index (χ3n) is 20.3. The summed E-state index contributed by atoms with van der Waals surface area (Å²) in [4.78, 5) is 73.2. The molecule has 0 fully saturated rings. The molecule has 0 saturated heterocycles. The summed E-state index contributed by atoms with van der Waals surface area (Å²) < 4.78 is 68.9. The predicted octanol–water partition coefficient (Wildman–Crippen LogP) is 25.8. The molecular weight excluding hydrogens is 1350 g/mol. The summed E-state index contributed by atoms with van der Waals surface area (Å²) in [6.07, 6.45) is 68.0. The van der Waals surface area contributed by atoms with Crippen LogP contribution in [0.5, 0.6) is 0 Å². The molecule has 0 aliphatic rings. The van der Waals surface area contributed by atoms with E-state index >= 15 is 0 Å². The van der Waals surface area contributed by atoms with Gasteiger partial charge < -0.3 is 33.8 Å². The SMILES string of the molecule is CCCCCCCCCCCCCCCCCCCCCCCC(=O)O[C@H](COC(=O)CCCCCCCCCCCCCCCCC(C)CC)COP(=O)(O)OC[C@@H](O)COP(=O)(O)OC[C@@H](COC(=O)CCCCCCCCCCCC(C)C)OC(=O)CCCCCCCCCCCCCCC. The number of carbonyl (C=O) groups is 4. The number of aliphatic hydroxyl groups excluding tert-OH is 1. The molecule has 104 heavy (non-hydrogen) atoms. The average molecular weight is 1520 g/mol. The molecule has 0 aromatic heterocycles. The van der Waals surface area contributed by atoms with Crippen molar-refractivity contribution in [3.63, 3.8) is 0 Å². The summed E-state index contributed by atoms with van der Waals surface area (Å²) >= 11 is 0. The third-order valence-corrected chi connectivity index (χ3v) is 22.2. The zero-order valence-electron chi connectivity index (χ0n) is 68.3. The highest BCUT2D eigenvalue weighted by Gasteiger charge is 2.30. The van der Waals surface area contributed by atoms with Crippen molar-refractivity contribution in [1.82, 2.24) is 0 Å². The Morgan fingerprint density at radius 2 is 0.490 bits per heavy atom. The van der Waals surface area contributed by atoms with Crippen molar-refractivity contribution in [1.29, 1.82) is 0 Å². The van der Waals surface area contributed by atoms with Crippen LogP contribution in [-0.2, 0) is 65.4 Å². The van der Waals surface area contributed by atoms with Crippen LogP contribution in [-0.4, -0.2) is 96.7 Å². The fourth-order valence-corrected chi connectivity index (χ4v) is 14.8. The lowest BCUT2D eigenvalue weighted by molar-refractivity contribution is -0.161. The van der Waals surface area contributed by atoms with Crippen LogP contribution in [0.15, 0.2) is 0 Å². The summed E-state index contributed by atoms with van der Waals surface area (Å²) in [5.41, 5.74) is 0. The Bertz CT molecular complexity index is 2000. The molecule has 0 bridgehead atoms. The molecule has 0 aliphatic carbocycles. The van der Waals surface area contributed by atoms with Crippen molar-refractivity contribution in [3.05, 3.63) is 0 Å². The summed E-state index contributed by atoms with van der Waals surface area (Å²) in [6.45, 7) is 9.70. The van der Waals surface area contributed by atoms with Gasteiger partial charge >= 0.3 is 39.5 Å². The van der Waals surface area contributed by atoms with Crippen molar-refractivity contribution in [2.24, 2.45) is 11.8 Å². The Hall–Kier alpha value is -1.94. The van der Waals surface area contributed by atoms with Crippen LogP contribution >= 0.6 is 15.6 Å². The molecule has 0 rings (SSSR count). The Balaban J connectivity index is 5.24. The van der Waals surface area contributed by atoms with Gasteiger partial charge in [0, 0.05) is 25.7 Å². The lowest BCUT2D eigenvalue weighted by Crippen LogP contribution is -2.30. The number of hydrogen-bond acceptors (Lipinski definition) is 15. The number of rotatable bonds is 84. The minimum atomic E-state index is -4.97. The van der Waals surface area contributed by atoms with Gasteiger partial charge in [-0.05, 0) is 37.5 Å². The monoisotopic (exact) mass is 1520 g/mol. The fourth-order valence-electron chi connectivity index (χ4n) is 13.2. The molecule has 0 spiro atoms. The number of unbranched alkanes of at least 4 members (excludes halogenated alkanes) is 53. The highest BCUT2D eigenvalue weighted by atomic mass is 31.2. The molecular formula is C85H166O17P2. The molecule has 17 nitrogen and oxygen atoms in total. The lowest BCUT2D eigenvalue weighted by Gasteiger charge is -2.21. The Morgan fingerprint density at radius 3 is 0.731 bits per heavy atom. The average Bonchev–Trinajstić information content (AvgIpc) is 0.904. The van der Waals surface area contributed by atoms with Gasteiger partial charge in [0.15, 0.2) is 12.2 Å². The van der Waals surface area contributed by atoms with E-state index in [-0.39, 0.29) is 25.7 Å².